The lowest BCUT2D eigenvalue weighted by Gasteiger charge is -2.15. The van der Waals surface area contributed by atoms with Crippen LogP contribution in [0.15, 0.2) is 48.5 Å². The summed E-state index contributed by atoms with van der Waals surface area (Å²) in [4.78, 5) is 0. The summed E-state index contributed by atoms with van der Waals surface area (Å²) in [5.74, 6) is 0.657. The van der Waals surface area contributed by atoms with Crippen molar-refractivity contribution in [3.63, 3.8) is 0 Å². The van der Waals surface area contributed by atoms with E-state index in [2.05, 4.69) is 78.3 Å². The van der Waals surface area contributed by atoms with Gasteiger partial charge in [0, 0.05) is 5.33 Å². The Hall–Kier alpha value is -1.08. The normalized spacial score (nSPS) is 12.4. The Morgan fingerprint density at radius 3 is 2.16 bits per heavy atom. The zero-order valence-corrected chi connectivity index (χ0v) is 13.3. The molecule has 19 heavy (non-hydrogen) atoms. The Bertz CT molecular complexity index is 516. The lowest BCUT2D eigenvalue weighted by atomic mass is 9.93. The summed E-state index contributed by atoms with van der Waals surface area (Å²) < 4.78 is 0. The molecule has 0 N–H and O–H groups in total. The first kappa shape index (κ1) is 14.3. The van der Waals surface area contributed by atoms with Crippen LogP contribution in [-0.2, 0) is 12.8 Å². The quantitative estimate of drug-likeness (QED) is 0.673. The number of halogens is 1. The summed E-state index contributed by atoms with van der Waals surface area (Å²) in [6.07, 6.45) is 2.28. The molecule has 0 nitrogen and oxygen atoms in total. The number of hydrogen-bond donors (Lipinski definition) is 0. The molecule has 0 aliphatic carbocycles. The fourth-order valence-electron chi connectivity index (χ4n) is 2.39. The van der Waals surface area contributed by atoms with Crippen molar-refractivity contribution in [2.24, 2.45) is 5.92 Å². The van der Waals surface area contributed by atoms with Crippen LogP contribution in [0.25, 0.3) is 0 Å². The highest BCUT2D eigenvalue weighted by Gasteiger charge is 2.10. The van der Waals surface area contributed by atoms with Gasteiger partial charge in [0.25, 0.3) is 0 Å². The first-order chi connectivity index (χ1) is 9.19. The molecule has 0 fully saturated rings. The van der Waals surface area contributed by atoms with E-state index in [1.54, 1.807) is 0 Å². The molecule has 2 aromatic carbocycles. The van der Waals surface area contributed by atoms with Crippen molar-refractivity contribution in [2.75, 3.05) is 5.33 Å². The molecule has 1 heteroatoms. The van der Waals surface area contributed by atoms with E-state index < -0.39 is 0 Å². The molecule has 1 atom stereocenters. The maximum absolute atomic E-state index is 3.66. The van der Waals surface area contributed by atoms with Crippen molar-refractivity contribution < 1.29 is 0 Å². The largest absolute Gasteiger partial charge is 0.0925 e. The van der Waals surface area contributed by atoms with Gasteiger partial charge in [0.05, 0.1) is 0 Å². The van der Waals surface area contributed by atoms with Gasteiger partial charge in [-0.05, 0) is 54.9 Å². The molecule has 0 aliphatic heterocycles. The van der Waals surface area contributed by atoms with Gasteiger partial charge < -0.3 is 0 Å². The Labute approximate surface area is 125 Å². The lowest BCUT2D eigenvalue weighted by molar-refractivity contribution is 0.591. The SMILES string of the molecule is Cc1ccc(CC(CBr)Cc2ccccc2)cc1C. The third-order valence-electron chi connectivity index (χ3n) is 3.68. The van der Waals surface area contributed by atoms with Crippen LogP contribution in [0.3, 0.4) is 0 Å². The summed E-state index contributed by atoms with van der Waals surface area (Å²) in [6.45, 7) is 4.37. The molecule has 0 radical (unpaired) electrons. The van der Waals surface area contributed by atoms with Crippen LogP contribution in [-0.4, -0.2) is 5.33 Å². The van der Waals surface area contributed by atoms with Gasteiger partial charge in [0.1, 0.15) is 0 Å². The highest BCUT2D eigenvalue weighted by molar-refractivity contribution is 9.09. The Morgan fingerprint density at radius 2 is 1.53 bits per heavy atom. The predicted octanol–water partition coefficient (Wildman–Crippen LogP) is 5.10. The van der Waals surface area contributed by atoms with Crippen molar-refractivity contribution in [1.29, 1.82) is 0 Å². The predicted molar refractivity (Wildman–Crippen MR) is 87.1 cm³/mol. The molecule has 0 spiro atoms. The monoisotopic (exact) mass is 316 g/mol. The number of alkyl halides is 1. The minimum atomic E-state index is 0.657. The zero-order valence-electron chi connectivity index (χ0n) is 11.7. The third kappa shape index (κ3) is 4.21. The second-order valence-electron chi connectivity index (χ2n) is 5.33. The molecular formula is C18H21Br. The maximum atomic E-state index is 3.66. The summed E-state index contributed by atoms with van der Waals surface area (Å²) in [6, 6.07) is 17.6. The van der Waals surface area contributed by atoms with E-state index in [1.807, 2.05) is 0 Å². The van der Waals surface area contributed by atoms with Crippen LogP contribution in [0.2, 0.25) is 0 Å². The molecule has 0 amide bonds. The number of benzene rings is 2. The van der Waals surface area contributed by atoms with E-state index in [4.69, 9.17) is 0 Å². The summed E-state index contributed by atoms with van der Waals surface area (Å²) in [5.41, 5.74) is 5.65. The average Bonchev–Trinajstić information content (AvgIpc) is 2.43. The highest BCUT2D eigenvalue weighted by atomic mass is 79.9. The van der Waals surface area contributed by atoms with Gasteiger partial charge in [0.2, 0.25) is 0 Å². The fourth-order valence-corrected chi connectivity index (χ4v) is 2.85. The molecule has 2 rings (SSSR count). The molecule has 0 saturated heterocycles. The van der Waals surface area contributed by atoms with Crippen LogP contribution < -0.4 is 0 Å². The van der Waals surface area contributed by atoms with Crippen LogP contribution >= 0.6 is 15.9 Å². The van der Waals surface area contributed by atoms with Gasteiger partial charge in [-0.1, -0.05) is 64.5 Å². The van der Waals surface area contributed by atoms with Gasteiger partial charge in [0.15, 0.2) is 0 Å². The minimum absolute atomic E-state index is 0.657. The Kier molecular flexibility index (Phi) is 5.21. The van der Waals surface area contributed by atoms with Crippen LogP contribution in [0.5, 0.6) is 0 Å². The van der Waals surface area contributed by atoms with Gasteiger partial charge in [-0.15, -0.1) is 0 Å². The molecule has 0 aliphatic rings. The van der Waals surface area contributed by atoms with Gasteiger partial charge in [-0.25, -0.2) is 0 Å². The smallest absolute Gasteiger partial charge is 0.00660 e. The summed E-state index contributed by atoms with van der Waals surface area (Å²) in [7, 11) is 0. The zero-order chi connectivity index (χ0) is 13.7. The lowest BCUT2D eigenvalue weighted by Crippen LogP contribution is -2.10. The summed E-state index contributed by atoms with van der Waals surface area (Å²) >= 11 is 3.66. The van der Waals surface area contributed by atoms with E-state index in [0.717, 1.165) is 18.2 Å². The van der Waals surface area contributed by atoms with Crippen molar-refractivity contribution in [3.8, 4) is 0 Å². The molecule has 0 aromatic heterocycles. The Morgan fingerprint density at radius 1 is 0.842 bits per heavy atom. The molecule has 0 bridgehead atoms. The first-order valence-corrected chi connectivity index (χ1v) is 7.97. The average molecular weight is 317 g/mol. The molecule has 0 heterocycles. The van der Waals surface area contributed by atoms with E-state index >= 15 is 0 Å². The molecule has 2 aromatic rings. The second-order valence-corrected chi connectivity index (χ2v) is 5.98. The molecular weight excluding hydrogens is 296 g/mol. The topological polar surface area (TPSA) is 0 Å². The molecule has 1 unspecified atom stereocenters. The molecule has 0 saturated carbocycles. The number of hydrogen-bond acceptors (Lipinski definition) is 0. The summed E-state index contributed by atoms with van der Waals surface area (Å²) in [5, 5.41) is 1.05. The standard InChI is InChI=1S/C18H21Br/c1-14-8-9-17(10-15(14)2)12-18(13-19)11-16-6-4-3-5-7-16/h3-10,18H,11-13H2,1-2H3. The van der Waals surface area contributed by atoms with E-state index in [9.17, 15) is 0 Å². The van der Waals surface area contributed by atoms with Gasteiger partial charge in [-0.2, -0.15) is 0 Å². The van der Waals surface area contributed by atoms with E-state index in [-0.39, 0.29) is 0 Å². The third-order valence-corrected chi connectivity index (χ3v) is 4.60. The van der Waals surface area contributed by atoms with Crippen molar-refractivity contribution in [3.05, 3.63) is 70.8 Å². The van der Waals surface area contributed by atoms with Crippen molar-refractivity contribution in [1.82, 2.24) is 0 Å². The molecule has 100 valence electrons. The number of rotatable bonds is 5. The van der Waals surface area contributed by atoms with Crippen molar-refractivity contribution >= 4 is 15.9 Å². The fraction of sp³-hybridized carbons (Fsp3) is 0.333. The number of aryl methyl sites for hydroxylation is 2. The Balaban J connectivity index is 2.04. The van der Waals surface area contributed by atoms with Crippen LogP contribution in [0, 0.1) is 19.8 Å². The van der Waals surface area contributed by atoms with E-state index in [1.165, 1.54) is 22.3 Å². The van der Waals surface area contributed by atoms with Crippen molar-refractivity contribution in [2.45, 2.75) is 26.7 Å². The van der Waals surface area contributed by atoms with Crippen LogP contribution in [0.1, 0.15) is 22.3 Å². The van der Waals surface area contributed by atoms with E-state index in [0.29, 0.717) is 5.92 Å². The van der Waals surface area contributed by atoms with Gasteiger partial charge >= 0.3 is 0 Å². The minimum Gasteiger partial charge on any atom is -0.0925 e. The maximum Gasteiger partial charge on any atom is 0.00660 e. The second kappa shape index (κ2) is 6.91. The highest BCUT2D eigenvalue weighted by Crippen LogP contribution is 2.19. The van der Waals surface area contributed by atoms with Crippen LogP contribution in [0.4, 0.5) is 0 Å². The first-order valence-electron chi connectivity index (χ1n) is 6.85. The van der Waals surface area contributed by atoms with Gasteiger partial charge in [-0.3, -0.25) is 0 Å².